The van der Waals surface area contributed by atoms with Gasteiger partial charge >= 0.3 is 0 Å². The second-order valence-electron chi connectivity index (χ2n) is 5.96. The van der Waals surface area contributed by atoms with Gasteiger partial charge in [-0.05, 0) is 48.9 Å². The molecule has 0 saturated carbocycles. The van der Waals surface area contributed by atoms with Crippen LogP contribution in [0.15, 0.2) is 42.5 Å². The Morgan fingerprint density at radius 1 is 1.19 bits per heavy atom. The van der Waals surface area contributed by atoms with Crippen molar-refractivity contribution < 1.29 is 14.3 Å². The Hall–Kier alpha value is -2.24. The van der Waals surface area contributed by atoms with Crippen molar-refractivity contribution in [1.29, 1.82) is 0 Å². The van der Waals surface area contributed by atoms with Gasteiger partial charge in [0.15, 0.2) is 0 Å². The lowest BCUT2D eigenvalue weighted by atomic mass is 10.1. The highest BCUT2D eigenvalue weighted by Crippen LogP contribution is 2.27. The lowest BCUT2D eigenvalue weighted by Gasteiger charge is -2.28. The summed E-state index contributed by atoms with van der Waals surface area (Å²) in [5.41, 5.74) is 0.986. The molecule has 0 aromatic heterocycles. The Balaban J connectivity index is 1.95. The summed E-state index contributed by atoms with van der Waals surface area (Å²) in [6.45, 7) is 0.802. The standard InChI is InChI=1S/C19H18Cl2N2O3/c1-26-15-7-5-14(6-8-15)23(12-22-10-2-3-18(22)24)19(25)16-9-4-13(20)11-17(16)21/h4-9,11H,2-3,10,12H2,1H3. The zero-order valence-corrected chi connectivity index (χ0v) is 15.8. The maximum Gasteiger partial charge on any atom is 0.261 e. The molecule has 7 heteroatoms. The molecule has 1 saturated heterocycles. The second-order valence-corrected chi connectivity index (χ2v) is 6.80. The average Bonchev–Trinajstić information content (AvgIpc) is 3.04. The van der Waals surface area contributed by atoms with E-state index in [1.165, 1.54) is 11.0 Å². The van der Waals surface area contributed by atoms with E-state index < -0.39 is 0 Å². The summed E-state index contributed by atoms with van der Waals surface area (Å²) >= 11 is 12.1. The lowest BCUT2D eigenvalue weighted by Crippen LogP contribution is -2.42. The lowest BCUT2D eigenvalue weighted by molar-refractivity contribution is -0.127. The monoisotopic (exact) mass is 392 g/mol. The van der Waals surface area contributed by atoms with Crippen LogP contribution in [0.2, 0.25) is 10.0 Å². The molecule has 0 spiro atoms. The SMILES string of the molecule is COc1ccc(N(CN2CCCC2=O)C(=O)c2ccc(Cl)cc2Cl)cc1. The molecule has 0 unspecified atom stereocenters. The third-order valence-corrected chi connectivity index (χ3v) is 4.82. The predicted molar refractivity (Wildman–Crippen MR) is 102 cm³/mol. The molecular formula is C19H18Cl2N2O3. The number of ether oxygens (including phenoxy) is 1. The fourth-order valence-electron chi connectivity index (χ4n) is 2.86. The Morgan fingerprint density at radius 2 is 1.92 bits per heavy atom. The number of amides is 2. The first-order chi connectivity index (χ1) is 12.5. The molecule has 136 valence electrons. The zero-order chi connectivity index (χ0) is 18.7. The molecule has 1 aliphatic rings. The van der Waals surface area contributed by atoms with Crippen LogP contribution in [-0.2, 0) is 4.79 Å². The maximum atomic E-state index is 13.2. The van der Waals surface area contributed by atoms with Gasteiger partial charge in [-0.3, -0.25) is 14.5 Å². The summed E-state index contributed by atoms with van der Waals surface area (Å²) in [7, 11) is 1.58. The molecule has 0 radical (unpaired) electrons. The largest absolute Gasteiger partial charge is 0.497 e. The molecular weight excluding hydrogens is 375 g/mol. The van der Waals surface area contributed by atoms with Crippen molar-refractivity contribution in [1.82, 2.24) is 4.90 Å². The summed E-state index contributed by atoms with van der Waals surface area (Å²) in [6.07, 6.45) is 1.30. The average molecular weight is 393 g/mol. The number of rotatable bonds is 5. The highest BCUT2D eigenvalue weighted by molar-refractivity contribution is 6.37. The van der Waals surface area contributed by atoms with E-state index in [2.05, 4.69) is 0 Å². The Morgan fingerprint density at radius 3 is 2.50 bits per heavy atom. The number of carbonyl (C=O) groups excluding carboxylic acids is 2. The van der Waals surface area contributed by atoms with E-state index in [0.29, 0.717) is 35.0 Å². The quantitative estimate of drug-likeness (QED) is 0.764. The molecule has 1 heterocycles. The van der Waals surface area contributed by atoms with Crippen LogP contribution in [-0.4, -0.2) is 37.0 Å². The van der Waals surface area contributed by atoms with Gasteiger partial charge < -0.3 is 9.64 Å². The molecule has 1 fully saturated rings. The van der Waals surface area contributed by atoms with Gasteiger partial charge in [-0.15, -0.1) is 0 Å². The molecule has 0 aliphatic carbocycles. The first-order valence-electron chi connectivity index (χ1n) is 8.18. The van der Waals surface area contributed by atoms with E-state index in [-0.39, 0.29) is 23.5 Å². The smallest absolute Gasteiger partial charge is 0.261 e. The summed E-state index contributed by atoms with van der Waals surface area (Å²) in [6, 6.07) is 11.8. The predicted octanol–water partition coefficient (Wildman–Crippen LogP) is 4.23. The van der Waals surface area contributed by atoms with Crippen molar-refractivity contribution in [3.63, 3.8) is 0 Å². The van der Waals surface area contributed by atoms with Crippen LogP contribution in [0.4, 0.5) is 5.69 Å². The molecule has 26 heavy (non-hydrogen) atoms. The first-order valence-corrected chi connectivity index (χ1v) is 8.94. The minimum absolute atomic E-state index is 0.0403. The van der Waals surface area contributed by atoms with Crippen LogP contribution >= 0.6 is 23.2 Å². The molecule has 0 atom stereocenters. The molecule has 0 bridgehead atoms. The Bertz CT molecular complexity index is 824. The third kappa shape index (κ3) is 3.94. The van der Waals surface area contributed by atoms with Gasteiger partial charge in [-0.25, -0.2) is 0 Å². The van der Waals surface area contributed by atoms with Crippen LogP contribution in [0.1, 0.15) is 23.2 Å². The summed E-state index contributed by atoms with van der Waals surface area (Å²) in [5, 5.41) is 0.728. The van der Waals surface area contributed by atoms with Gasteiger partial charge in [0.1, 0.15) is 12.4 Å². The zero-order valence-electron chi connectivity index (χ0n) is 14.2. The number of anilines is 1. The van der Waals surface area contributed by atoms with Gasteiger partial charge in [0, 0.05) is 23.7 Å². The first kappa shape index (κ1) is 18.5. The van der Waals surface area contributed by atoms with Crippen molar-refractivity contribution in [2.75, 3.05) is 25.2 Å². The summed E-state index contributed by atoms with van der Waals surface area (Å²) < 4.78 is 5.17. The molecule has 2 aromatic carbocycles. The number of nitrogens with zero attached hydrogens (tertiary/aromatic N) is 2. The van der Waals surface area contributed by atoms with Gasteiger partial charge in [0.25, 0.3) is 5.91 Å². The topological polar surface area (TPSA) is 49.9 Å². The molecule has 1 aliphatic heterocycles. The molecule has 3 rings (SSSR count). The van der Waals surface area contributed by atoms with E-state index in [9.17, 15) is 9.59 Å². The van der Waals surface area contributed by atoms with E-state index in [1.807, 2.05) is 0 Å². The minimum Gasteiger partial charge on any atom is -0.497 e. The van der Waals surface area contributed by atoms with Crippen molar-refractivity contribution in [3.05, 3.63) is 58.1 Å². The van der Waals surface area contributed by atoms with Crippen LogP contribution in [0.3, 0.4) is 0 Å². The van der Waals surface area contributed by atoms with E-state index in [4.69, 9.17) is 27.9 Å². The molecule has 2 amide bonds. The van der Waals surface area contributed by atoms with Crippen molar-refractivity contribution >= 4 is 40.7 Å². The maximum absolute atomic E-state index is 13.2. The third-order valence-electron chi connectivity index (χ3n) is 4.27. The Kier molecular flexibility index (Phi) is 5.69. The highest BCUT2D eigenvalue weighted by Gasteiger charge is 2.27. The number of methoxy groups -OCH3 is 1. The summed E-state index contributed by atoms with van der Waals surface area (Å²) in [4.78, 5) is 28.4. The molecule has 0 N–H and O–H groups in total. The number of carbonyl (C=O) groups is 2. The van der Waals surface area contributed by atoms with Crippen LogP contribution in [0.25, 0.3) is 0 Å². The van der Waals surface area contributed by atoms with E-state index in [1.54, 1.807) is 48.4 Å². The van der Waals surface area contributed by atoms with E-state index in [0.717, 1.165) is 6.42 Å². The van der Waals surface area contributed by atoms with Crippen molar-refractivity contribution in [2.45, 2.75) is 12.8 Å². The second kappa shape index (κ2) is 7.98. The van der Waals surface area contributed by atoms with Gasteiger partial charge in [0.2, 0.25) is 5.91 Å². The van der Waals surface area contributed by atoms with E-state index >= 15 is 0 Å². The molecule has 2 aromatic rings. The minimum atomic E-state index is -0.295. The normalized spacial score (nSPS) is 13.8. The number of likely N-dealkylation sites (tertiary alicyclic amines) is 1. The van der Waals surface area contributed by atoms with Crippen molar-refractivity contribution in [3.8, 4) is 5.75 Å². The highest BCUT2D eigenvalue weighted by atomic mass is 35.5. The number of hydrogen-bond donors (Lipinski definition) is 0. The summed E-state index contributed by atoms with van der Waals surface area (Å²) in [5.74, 6) is 0.429. The van der Waals surface area contributed by atoms with Crippen LogP contribution < -0.4 is 9.64 Å². The van der Waals surface area contributed by atoms with Crippen LogP contribution in [0, 0.1) is 0 Å². The van der Waals surface area contributed by atoms with Crippen LogP contribution in [0.5, 0.6) is 5.75 Å². The molecule has 5 nitrogen and oxygen atoms in total. The number of halogens is 2. The van der Waals surface area contributed by atoms with Gasteiger partial charge in [-0.2, -0.15) is 0 Å². The number of benzene rings is 2. The number of hydrogen-bond acceptors (Lipinski definition) is 3. The fourth-order valence-corrected chi connectivity index (χ4v) is 3.35. The fraction of sp³-hybridized carbons (Fsp3) is 0.263. The van der Waals surface area contributed by atoms with Gasteiger partial charge in [-0.1, -0.05) is 23.2 Å². The van der Waals surface area contributed by atoms with Crippen molar-refractivity contribution in [2.24, 2.45) is 0 Å². The Labute approximate surface area is 162 Å². The van der Waals surface area contributed by atoms with Gasteiger partial charge in [0.05, 0.1) is 17.7 Å².